The van der Waals surface area contributed by atoms with Gasteiger partial charge >= 0.3 is 6.03 Å². The number of aliphatic hydroxyl groups is 1. The summed E-state index contributed by atoms with van der Waals surface area (Å²) in [5.74, 6) is -7.19. The number of nitrogens with one attached hydrogen (secondary N) is 8. The lowest BCUT2D eigenvalue weighted by molar-refractivity contribution is -0.134. The molecule has 6 atom stereocenters. The normalized spacial score (nSPS) is 29.9. The Kier molecular flexibility index (Phi) is 13.3. The second-order valence-corrected chi connectivity index (χ2v) is 10.3. The average Bonchev–Trinajstić information content (AvgIpc) is 3.01. The molecule has 0 saturated carbocycles. The van der Waals surface area contributed by atoms with E-state index >= 15 is 0 Å². The minimum atomic E-state index is -2.50. The number of guanidine groups is 1. The molecule has 0 aromatic heterocycles. The van der Waals surface area contributed by atoms with Gasteiger partial charge in [-0.1, -0.05) is 0 Å². The number of hydrogen-bond acceptors (Lipinski definition) is 14. The second kappa shape index (κ2) is 18.8. The summed E-state index contributed by atoms with van der Waals surface area (Å²) in [5.41, 5.74) is 27.2. The van der Waals surface area contributed by atoms with Gasteiger partial charge in [0, 0.05) is 38.2 Å². The third kappa shape index (κ3) is 12.7. The molecular weight excluding hydrogens is 624 g/mol. The van der Waals surface area contributed by atoms with Crippen LogP contribution >= 0.6 is 0 Å². The Balaban J connectivity index is 2.55. The largest absolute Gasteiger partial charge is 0.394 e. The van der Waals surface area contributed by atoms with Gasteiger partial charge in [-0.3, -0.25) is 33.8 Å². The Morgan fingerprint density at radius 2 is 1.79 bits per heavy atom. The first-order valence-corrected chi connectivity index (χ1v) is 14.3. The van der Waals surface area contributed by atoms with E-state index in [4.69, 9.17) is 32.8 Å². The van der Waals surface area contributed by atoms with Gasteiger partial charge in [-0.05, 0) is 25.8 Å². The lowest BCUT2D eigenvalue weighted by Crippen LogP contribution is -2.64. The molecule has 0 aliphatic carbocycles. The zero-order valence-corrected chi connectivity index (χ0v) is 25.3. The first kappa shape index (κ1) is 33.3. The number of hydrogen-bond donors (Lipinski definition) is 14. The van der Waals surface area contributed by atoms with Crippen LogP contribution in [0.15, 0.2) is 16.9 Å². The highest BCUT2D eigenvalue weighted by Gasteiger charge is 2.35. The fourth-order valence-electron chi connectivity index (χ4n) is 4.03. The molecule has 19 N–H and O–H groups in total. The summed E-state index contributed by atoms with van der Waals surface area (Å²) in [6.07, 6.45) is 0.522. The molecule has 0 aromatic carbocycles. The molecule has 2 aliphatic heterocycles. The monoisotopic (exact) mass is 671 g/mol. The zero-order valence-electron chi connectivity index (χ0n) is 28.3. The second-order valence-electron chi connectivity index (χ2n) is 10.3. The maximum atomic E-state index is 13.6. The van der Waals surface area contributed by atoms with E-state index in [1.807, 2.05) is 5.32 Å². The van der Waals surface area contributed by atoms with Crippen molar-refractivity contribution in [3.05, 3.63) is 11.9 Å². The van der Waals surface area contributed by atoms with E-state index in [-0.39, 0.29) is 6.42 Å². The molecule has 22 nitrogen and oxygen atoms in total. The predicted octanol–water partition coefficient (Wildman–Crippen LogP) is -8.23. The van der Waals surface area contributed by atoms with Gasteiger partial charge in [-0.15, -0.1) is 0 Å². The number of nitrogens with zero attached hydrogens (tertiary/aromatic N) is 1. The minimum Gasteiger partial charge on any atom is -0.394 e. The minimum absolute atomic E-state index is 0.189. The van der Waals surface area contributed by atoms with Gasteiger partial charge in [0.15, 0.2) is 5.96 Å². The van der Waals surface area contributed by atoms with E-state index in [9.17, 15) is 38.7 Å². The third-order valence-electron chi connectivity index (χ3n) is 6.52. The number of aliphatic hydroxyl groups excluding tert-OH is 1. The SMILES string of the molecule is [2H]C1([2H])C[C@]([2H])([C@@H]2NC(=O)/C(=C/NC(N)=O)NC(=O)[C@H](CNC(=O)C[C@@H](N)CCCN)NC(=O)[C@H](CO)NC(=O)[C@@H](N)CNC2=O)NC(N)=N1. The fraction of sp³-hybridized carbons (Fsp3) is 0.600. The van der Waals surface area contributed by atoms with Crippen LogP contribution in [0.5, 0.6) is 0 Å². The van der Waals surface area contributed by atoms with Crippen molar-refractivity contribution >= 4 is 47.4 Å². The molecule has 0 aromatic rings. The van der Waals surface area contributed by atoms with Crippen molar-refractivity contribution in [3.8, 4) is 0 Å². The van der Waals surface area contributed by atoms with Crippen LogP contribution in [0.3, 0.4) is 0 Å². The van der Waals surface area contributed by atoms with E-state index in [2.05, 4.69) is 42.2 Å². The maximum absolute atomic E-state index is 13.6. The maximum Gasteiger partial charge on any atom is 0.316 e. The molecule has 2 rings (SSSR count). The van der Waals surface area contributed by atoms with Crippen LogP contribution in [0.1, 0.15) is 29.8 Å². The van der Waals surface area contributed by atoms with Gasteiger partial charge in [-0.25, -0.2) is 4.79 Å². The van der Waals surface area contributed by atoms with Crippen molar-refractivity contribution in [3.63, 3.8) is 0 Å². The molecule has 47 heavy (non-hydrogen) atoms. The highest BCUT2D eigenvalue weighted by atomic mass is 16.3. The highest BCUT2D eigenvalue weighted by Crippen LogP contribution is 2.07. The van der Waals surface area contributed by atoms with Crippen LogP contribution in [-0.2, 0) is 28.8 Å². The fourth-order valence-corrected chi connectivity index (χ4v) is 4.03. The smallest absolute Gasteiger partial charge is 0.316 e. The van der Waals surface area contributed by atoms with Crippen LogP contribution < -0.4 is 71.2 Å². The summed E-state index contributed by atoms with van der Waals surface area (Å²) in [6, 6.07) is -11.3. The summed E-state index contributed by atoms with van der Waals surface area (Å²) in [7, 11) is 0. The van der Waals surface area contributed by atoms with Gasteiger partial charge in [-0.2, -0.15) is 0 Å². The van der Waals surface area contributed by atoms with Crippen LogP contribution in [-0.4, -0.2) is 122 Å². The summed E-state index contributed by atoms with van der Waals surface area (Å²) in [4.78, 5) is 94.0. The number of amides is 8. The number of carbonyl (C=O) groups is 7. The van der Waals surface area contributed by atoms with E-state index in [0.29, 0.717) is 25.6 Å². The van der Waals surface area contributed by atoms with Crippen molar-refractivity contribution in [1.29, 1.82) is 0 Å². The molecule has 0 radical (unpaired) electrons. The number of primary amides is 1. The summed E-state index contributed by atoms with van der Waals surface area (Å²) in [5, 5.41) is 27.4. The lowest BCUT2D eigenvalue weighted by atomic mass is 10.0. The molecule has 1 fully saturated rings. The molecule has 0 unspecified atom stereocenters. The molecule has 1 saturated heterocycles. The Morgan fingerprint density at radius 1 is 1.09 bits per heavy atom. The van der Waals surface area contributed by atoms with Gasteiger partial charge in [0.2, 0.25) is 29.5 Å². The van der Waals surface area contributed by atoms with Crippen LogP contribution in [0.25, 0.3) is 0 Å². The standard InChI is InChI=1S/C25H44N14O8/c26-4-1-2-11(27)6-17(41)32-8-14-20(43)35-15(9-34-25(30)47)21(44)39-18(13-3-5-31-24(29)38-13)23(46)33-7-12(28)19(42)37-16(10-40)22(45)36-14/h9,11-14,16,18,40H,1-8,10,26-28H2,(H,32,41)(H,33,46)(H,35,43)(H,36,45)(H,37,42)(H,39,44)(H3,29,31,38)(H3,30,34,47)/b15-9-/t11-,12-,13+,14-,16-,18-/m0/s1/i5D2,13D. The highest BCUT2D eigenvalue weighted by molar-refractivity contribution is 6.02. The van der Waals surface area contributed by atoms with Crippen LogP contribution in [0.4, 0.5) is 4.79 Å². The Labute approximate surface area is 273 Å². The molecule has 262 valence electrons. The molecule has 0 spiro atoms. The molecular formula is C25H44N14O8. The Bertz CT molecular complexity index is 1380. The van der Waals surface area contributed by atoms with Crippen molar-refractivity contribution in [2.24, 2.45) is 33.7 Å². The van der Waals surface area contributed by atoms with Crippen LogP contribution in [0, 0.1) is 0 Å². The molecule has 0 bridgehead atoms. The Hall–Kier alpha value is -5.06. The number of urea groups is 1. The molecule has 22 heteroatoms. The van der Waals surface area contributed by atoms with Crippen molar-refractivity contribution in [1.82, 2.24) is 42.5 Å². The lowest BCUT2D eigenvalue weighted by Gasteiger charge is -2.31. The van der Waals surface area contributed by atoms with E-state index in [1.165, 1.54) is 0 Å². The van der Waals surface area contributed by atoms with Gasteiger partial charge in [0.05, 0.1) is 16.7 Å². The van der Waals surface area contributed by atoms with E-state index < -0.39 is 122 Å². The molecule has 8 amide bonds. The molecule has 2 aliphatic rings. The Morgan fingerprint density at radius 3 is 2.43 bits per heavy atom. The van der Waals surface area contributed by atoms with Gasteiger partial charge < -0.3 is 76.3 Å². The zero-order chi connectivity index (χ0) is 37.8. The summed E-state index contributed by atoms with van der Waals surface area (Å²) >= 11 is 0. The molecule has 2 heterocycles. The summed E-state index contributed by atoms with van der Waals surface area (Å²) in [6.45, 7) is -4.44. The van der Waals surface area contributed by atoms with Crippen molar-refractivity contribution < 1.29 is 42.8 Å². The third-order valence-corrected chi connectivity index (χ3v) is 6.52. The number of rotatable bonds is 10. The van der Waals surface area contributed by atoms with Crippen molar-refractivity contribution in [2.45, 2.75) is 61.9 Å². The van der Waals surface area contributed by atoms with Gasteiger partial charge in [0.25, 0.3) is 5.91 Å². The first-order valence-electron chi connectivity index (χ1n) is 15.8. The summed E-state index contributed by atoms with van der Waals surface area (Å²) < 4.78 is 24.9. The number of aliphatic imine (C=N–C) groups is 1. The van der Waals surface area contributed by atoms with Crippen LogP contribution in [0.2, 0.25) is 0 Å². The number of carbonyl (C=O) groups excluding carboxylic acids is 7. The van der Waals surface area contributed by atoms with Crippen molar-refractivity contribution in [2.75, 3.05) is 32.7 Å². The van der Waals surface area contributed by atoms with Gasteiger partial charge in [0.1, 0.15) is 29.9 Å². The first-order chi connectivity index (χ1) is 23.3. The quantitative estimate of drug-likeness (QED) is 0.0961. The predicted molar refractivity (Wildman–Crippen MR) is 165 cm³/mol. The van der Waals surface area contributed by atoms with E-state index in [1.54, 1.807) is 0 Å². The number of nitrogens with two attached hydrogens (primary N) is 5. The average molecular weight is 672 g/mol. The topological polar surface area (TPSA) is 378 Å². The van der Waals surface area contributed by atoms with E-state index in [0.717, 1.165) is 0 Å².